The number of anilines is 1. The van der Waals surface area contributed by atoms with Gasteiger partial charge in [-0.2, -0.15) is 0 Å². The summed E-state index contributed by atoms with van der Waals surface area (Å²) in [5, 5.41) is 2.95. The number of benzene rings is 2. The van der Waals surface area contributed by atoms with Gasteiger partial charge in [0.25, 0.3) is 5.91 Å². The van der Waals surface area contributed by atoms with E-state index >= 15 is 0 Å². The van der Waals surface area contributed by atoms with Crippen molar-refractivity contribution in [1.82, 2.24) is 4.90 Å². The van der Waals surface area contributed by atoms with Crippen LogP contribution in [0, 0.1) is 0 Å². The van der Waals surface area contributed by atoms with Gasteiger partial charge in [-0.25, -0.2) is 0 Å². The monoisotopic (exact) mass is 322 g/mol. The lowest BCUT2D eigenvalue weighted by Crippen LogP contribution is -2.39. The third-order valence-electron chi connectivity index (χ3n) is 5.02. The van der Waals surface area contributed by atoms with E-state index in [1.54, 1.807) is 36.3 Å². The van der Waals surface area contributed by atoms with Crippen molar-refractivity contribution in [3.8, 4) is 5.75 Å². The first-order chi connectivity index (χ1) is 11.6. The number of hydrogen-bond acceptors (Lipinski definition) is 3. The number of amides is 2. The molecule has 1 N–H and O–H groups in total. The van der Waals surface area contributed by atoms with E-state index in [4.69, 9.17) is 4.74 Å². The molecule has 2 aliphatic rings. The van der Waals surface area contributed by atoms with Crippen molar-refractivity contribution in [2.75, 3.05) is 25.5 Å². The van der Waals surface area contributed by atoms with Gasteiger partial charge in [-0.05, 0) is 42.3 Å². The summed E-state index contributed by atoms with van der Waals surface area (Å²) in [6.07, 6.45) is 0.651. The molecule has 122 valence electrons. The van der Waals surface area contributed by atoms with Gasteiger partial charge in [-0.3, -0.25) is 9.59 Å². The second-order valence-corrected chi connectivity index (χ2v) is 6.29. The molecular formula is C19H18N2O3. The third-order valence-corrected chi connectivity index (χ3v) is 5.02. The van der Waals surface area contributed by atoms with Crippen molar-refractivity contribution in [3.05, 3.63) is 59.7 Å². The molecule has 24 heavy (non-hydrogen) atoms. The lowest BCUT2D eigenvalue weighted by atomic mass is 9.81. The molecular weight excluding hydrogens is 304 g/mol. The summed E-state index contributed by atoms with van der Waals surface area (Å²) >= 11 is 0. The molecule has 2 amide bonds. The Bertz CT molecular complexity index is 816. The van der Waals surface area contributed by atoms with Crippen LogP contribution < -0.4 is 10.1 Å². The van der Waals surface area contributed by atoms with Crippen molar-refractivity contribution in [2.45, 2.75) is 11.8 Å². The molecule has 1 atom stereocenters. The van der Waals surface area contributed by atoms with Gasteiger partial charge in [-0.1, -0.05) is 18.2 Å². The van der Waals surface area contributed by atoms with Crippen LogP contribution in [0.1, 0.15) is 22.3 Å². The summed E-state index contributed by atoms with van der Waals surface area (Å²) in [7, 11) is 1.59. The molecule has 2 aromatic carbocycles. The number of carbonyl (C=O) groups is 2. The van der Waals surface area contributed by atoms with E-state index in [1.807, 2.05) is 24.3 Å². The Morgan fingerprint density at radius 1 is 1.17 bits per heavy atom. The molecule has 1 saturated heterocycles. The number of likely N-dealkylation sites (tertiary alicyclic amines) is 1. The molecule has 1 spiro atoms. The third kappa shape index (κ3) is 2.08. The van der Waals surface area contributed by atoms with E-state index in [0.717, 1.165) is 11.3 Å². The largest absolute Gasteiger partial charge is 0.497 e. The number of methoxy groups -OCH3 is 1. The zero-order chi connectivity index (χ0) is 16.7. The minimum atomic E-state index is -0.612. The van der Waals surface area contributed by atoms with Crippen LogP contribution in [0.25, 0.3) is 0 Å². The molecule has 0 aliphatic carbocycles. The molecule has 0 bridgehead atoms. The smallest absolute Gasteiger partial charge is 0.253 e. The molecule has 5 heteroatoms. The summed E-state index contributed by atoms with van der Waals surface area (Å²) < 4.78 is 5.13. The Morgan fingerprint density at radius 2 is 1.92 bits per heavy atom. The van der Waals surface area contributed by atoms with Crippen molar-refractivity contribution in [1.29, 1.82) is 0 Å². The summed E-state index contributed by atoms with van der Waals surface area (Å²) in [5.74, 6) is 0.661. The molecule has 1 fully saturated rings. The van der Waals surface area contributed by atoms with Gasteiger partial charge in [0.2, 0.25) is 5.91 Å². The highest BCUT2D eigenvalue weighted by Crippen LogP contribution is 2.44. The lowest BCUT2D eigenvalue weighted by molar-refractivity contribution is -0.120. The van der Waals surface area contributed by atoms with Crippen LogP contribution in [0.15, 0.2) is 48.5 Å². The van der Waals surface area contributed by atoms with Gasteiger partial charge >= 0.3 is 0 Å². The highest BCUT2D eigenvalue weighted by Gasteiger charge is 2.51. The minimum absolute atomic E-state index is 0.00580. The van der Waals surface area contributed by atoms with E-state index in [1.165, 1.54) is 0 Å². The number of nitrogens with zero attached hydrogens (tertiary/aromatic N) is 1. The fourth-order valence-electron chi connectivity index (χ4n) is 3.68. The predicted molar refractivity (Wildman–Crippen MR) is 90.3 cm³/mol. The second-order valence-electron chi connectivity index (χ2n) is 6.29. The molecule has 0 radical (unpaired) electrons. The van der Waals surface area contributed by atoms with Gasteiger partial charge in [0.1, 0.15) is 5.75 Å². The fraction of sp³-hybridized carbons (Fsp3) is 0.263. The SMILES string of the molecule is COc1ccc(C(=O)N2CC[C@]3(C2)C(=O)Nc2ccccc23)cc1. The number of fused-ring (bicyclic) bond motifs is 2. The van der Waals surface area contributed by atoms with E-state index in [0.29, 0.717) is 30.8 Å². The first-order valence-corrected chi connectivity index (χ1v) is 7.98. The van der Waals surface area contributed by atoms with Crippen molar-refractivity contribution < 1.29 is 14.3 Å². The number of hydrogen-bond donors (Lipinski definition) is 1. The zero-order valence-corrected chi connectivity index (χ0v) is 13.4. The molecule has 0 unspecified atom stereocenters. The normalized spacial score (nSPS) is 21.7. The lowest BCUT2D eigenvalue weighted by Gasteiger charge is -2.22. The number of nitrogens with one attached hydrogen (secondary N) is 1. The van der Waals surface area contributed by atoms with Crippen molar-refractivity contribution >= 4 is 17.5 Å². The van der Waals surface area contributed by atoms with Gasteiger partial charge in [0.05, 0.1) is 12.5 Å². The molecule has 2 heterocycles. The Kier molecular flexibility index (Phi) is 3.30. The van der Waals surface area contributed by atoms with E-state index in [-0.39, 0.29) is 11.8 Å². The number of rotatable bonds is 2. The van der Waals surface area contributed by atoms with Gasteiger partial charge in [0.15, 0.2) is 0 Å². The minimum Gasteiger partial charge on any atom is -0.497 e. The van der Waals surface area contributed by atoms with Crippen LogP contribution in [-0.4, -0.2) is 36.9 Å². The Morgan fingerprint density at radius 3 is 2.67 bits per heavy atom. The summed E-state index contributed by atoms with van der Waals surface area (Å²) in [6, 6.07) is 14.8. The van der Waals surface area contributed by atoms with Gasteiger partial charge < -0.3 is 15.0 Å². The summed E-state index contributed by atoms with van der Waals surface area (Å²) in [6.45, 7) is 0.993. The fourth-order valence-corrected chi connectivity index (χ4v) is 3.68. The number of ether oxygens (including phenoxy) is 1. The molecule has 0 aromatic heterocycles. The first kappa shape index (κ1) is 14.8. The van der Waals surface area contributed by atoms with Crippen LogP contribution in [0.2, 0.25) is 0 Å². The summed E-state index contributed by atoms with van der Waals surface area (Å²) in [5.41, 5.74) is 1.86. The summed E-state index contributed by atoms with van der Waals surface area (Å²) in [4.78, 5) is 27.1. The van der Waals surface area contributed by atoms with Crippen LogP contribution in [0.4, 0.5) is 5.69 Å². The average molecular weight is 322 g/mol. The van der Waals surface area contributed by atoms with Crippen LogP contribution in [-0.2, 0) is 10.2 Å². The van der Waals surface area contributed by atoms with Gasteiger partial charge in [0, 0.05) is 24.3 Å². The van der Waals surface area contributed by atoms with Crippen LogP contribution in [0.3, 0.4) is 0 Å². The Hall–Kier alpha value is -2.82. The Labute approximate surface area is 140 Å². The Balaban J connectivity index is 1.60. The van der Waals surface area contributed by atoms with Crippen molar-refractivity contribution in [2.24, 2.45) is 0 Å². The van der Waals surface area contributed by atoms with E-state index in [2.05, 4.69) is 5.32 Å². The highest BCUT2D eigenvalue weighted by atomic mass is 16.5. The molecule has 5 nitrogen and oxygen atoms in total. The quantitative estimate of drug-likeness (QED) is 0.924. The second kappa shape index (κ2) is 5.37. The van der Waals surface area contributed by atoms with Crippen LogP contribution >= 0.6 is 0 Å². The number of carbonyl (C=O) groups excluding carboxylic acids is 2. The highest BCUT2D eigenvalue weighted by molar-refractivity contribution is 6.07. The standard InChI is InChI=1S/C19H18N2O3/c1-24-14-8-6-13(7-9-14)17(22)21-11-10-19(12-21)15-4-2-3-5-16(15)20-18(19)23/h2-9H,10-12H2,1H3,(H,20,23)/t19-/m1/s1. The number of para-hydroxylation sites is 1. The molecule has 2 aromatic rings. The maximum absolute atomic E-state index is 12.8. The molecule has 2 aliphatic heterocycles. The zero-order valence-electron chi connectivity index (χ0n) is 13.4. The van der Waals surface area contributed by atoms with E-state index < -0.39 is 5.41 Å². The average Bonchev–Trinajstić information content (AvgIpc) is 3.18. The molecule has 0 saturated carbocycles. The van der Waals surface area contributed by atoms with Crippen molar-refractivity contribution in [3.63, 3.8) is 0 Å². The predicted octanol–water partition coefficient (Wildman–Crippen LogP) is 2.43. The van der Waals surface area contributed by atoms with E-state index in [9.17, 15) is 9.59 Å². The maximum Gasteiger partial charge on any atom is 0.253 e. The molecule has 4 rings (SSSR count). The first-order valence-electron chi connectivity index (χ1n) is 7.98. The topological polar surface area (TPSA) is 58.6 Å². The van der Waals surface area contributed by atoms with Gasteiger partial charge in [-0.15, -0.1) is 0 Å². The maximum atomic E-state index is 12.8. The van der Waals surface area contributed by atoms with Crippen LogP contribution in [0.5, 0.6) is 5.75 Å².